The van der Waals surface area contributed by atoms with Gasteiger partial charge in [0.05, 0.1) is 5.69 Å². The first-order chi connectivity index (χ1) is 8.06. The number of hydrogen-bond acceptors (Lipinski definition) is 2. The quantitative estimate of drug-likeness (QED) is 0.728. The van der Waals surface area contributed by atoms with Crippen LogP contribution < -0.4 is 0 Å². The first kappa shape index (κ1) is 14.6. The molecule has 0 saturated carbocycles. The molecule has 1 rings (SSSR count). The molecule has 0 spiro atoms. The van der Waals surface area contributed by atoms with Crippen molar-refractivity contribution in [3.8, 4) is 0 Å². The molecular formula is C14H26N2S. The van der Waals surface area contributed by atoms with Crippen molar-refractivity contribution in [1.29, 1.82) is 0 Å². The zero-order chi connectivity index (χ0) is 12.9. The van der Waals surface area contributed by atoms with Gasteiger partial charge in [0.2, 0.25) is 0 Å². The van der Waals surface area contributed by atoms with Gasteiger partial charge in [0, 0.05) is 12.2 Å². The van der Waals surface area contributed by atoms with E-state index in [2.05, 4.69) is 56.2 Å². The Labute approximate surface area is 111 Å². The van der Waals surface area contributed by atoms with Crippen molar-refractivity contribution in [3.05, 3.63) is 17.5 Å². The maximum atomic E-state index is 4.60. The summed E-state index contributed by atoms with van der Waals surface area (Å²) < 4.78 is 2.16. The van der Waals surface area contributed by atoms with E-state index in [1.807, 2.05) is 0 Å². The Morgan fingerprint density at radius 3 is 2.18 bits per heavy atom. The minimum absolute atomic E-state index is 0.315. The van der Waals surface area contributed by atoms with E-state index in [0.29, 0.717) is 5.41 Å². The molecule has 98 valence electrons. The van der Waals surface area contributed by atoms with Gasteiger partial charge in [-0.05, 0) is 43.9 Å². The Balaban J connectivity index is 2.87. The van der Waals surface area contributed by atoms with Gasteiger partial charge in [0.1, 0.15) is 0 Å². The highest BCUT2D eigenvalue weighted by molar-refractivity contribution is 7.80. The van der Waals surface area contributed by atoms with E-state index >= 15 is 0 Å². The van der Waals surface area contributed by atoms with Crippen molar-refractivity contribution >= 4 is 12.6 Å². The van der Waals surface area contributed by atoms with Crippen LogP contribution in [0.2, 0.25) is 0 Å². The van der Waals surface area contributed by atoms with E-state index in [-0.39, 0.29) is 0 Å². The summed E-state index contributed by atoms with van der Waals surface area (Å²) >= 11 is 4.60. The molecule has 3 heteroatoms. The van der Waals surface area contributed by atoms with Crippen LogP contribution in [0.5, 0.6) is 0 Å². The lowest BCUT2D eigenvalue weighted by Crippen LogP contribution is -2.30. The average molecular weight is 254 g/mol. The number of rotatable bonds is 7. The van der Waals surface area contributed by atoms with Gasteiger partial charge < -0.3 is 0 Å². The molecule has 0 aliphatic carbocycles. The van der Waals surface area contributed by atoms with Gasteiger partial charge in [0.25, 0.3) is 0 Å². The molecule has 0 bridgehead atoms. The Kier molecular flexibility index (Phi) is 5.57. The minimum Gasteiger partial charge on any atom is -0.269 e. The van der Waals surface area contributed by atoms with Crippen LogP contribution in [0, 0.1) is 19.3 Å². The third kappa shape index (κ3) is 3.77. The molecule has 0 atom stereocenters. The van der Waals surface area contributed by atoms with Crippen molar-refractivity contribution < 1.29 is 0 Å². The van der Waals surface area contributed by atoms with Crippen LogP contribution in [0.3, 0.4) is 0 Å². The van der Waals surface area contributed by atoms with Gasteiger partial charge in [-0.1, -0.05) is 26.7 Å². The predicted molar refractivity (Wildman–Crippen MR) is 77.8 cm³/mol. The second-order valence-corrected chi connectivity index (χ2v) is 5.56. The monoisotopic (exact) mass is 254 g/mol. The van der Waals surface area contributed by atoms with E-state index in [1.165, 1.54) is 31.4 Å². The molecule has 1 aromatic rings. The first-order valence-electron chi connectivity index (χ1n) is 6.69. The Morgan fingerprint density at radius 2 is 1.82 bits per heavy atom. The van der Waals surface area contributed by atoms with Crippen LogP contribution in [0.15, 0.2) is 6.07 Å². The molecule has 17 heavy (non-hydrogen) atoms. The molecule has 0 unspecified atom stereocenters. The molecule has 0 fully saturated rings. The highest BCUT2D eigenvalue weighted by atomic mass is 32.1. The molecule has 0 aliphatic heterocycles. The smallest absolute Gasteiger partial charge is 0.0596 e. The van der Waals surface area contributed by atoms with E-state index in [0.717, 1.165) is 18.0 Å². The fourth-order valence-corrected chi connectivity index (χ4v) is 3.12. The summed E-state index contributed by atoms with van der Waals surface area (Å²) in [5.74, 6) is 0.951. The molecule has 1 heterocycles. The summed E-state index contributed by atoms with van der Waals surface area (Å²) in [5, 5.41) is 4.59. The van der Waals surface area contributed by atoms with Gasteiger partial charge in [-0.15, -0.1) is 0 Å². The second-order valence-electron chi connectivity index (χ2n) is 5.24. The number of thiol groups is 1. The van der Waals surface area contributed by atoms with Crippen LogP contribution in [-0.4, -0.2) is 15.5 Å². The van der Waals surface area contributed by atoms with Crippen LogP contribution in [0.1, 0.15) is 50.9 Å². The molecule has 1 aromatic heterocycles. The van der Waals surface area contributed by atoms with Crippen LogP contribution in [0.4, 0.5) is 0 Å². The molecule has 0 aromatic carbocycles. The van der Waals surface area contributed by atoms with E-state index < -0.39 is 0 Å². The van der Waals surface area contributed by atoms with E-state index in [4.69, 9.17) is 0 Å². The van der Waals surface area contributed by atoms with Crippen molar-refractivity contribution in [2.24, 2.45) is 5.41 Å². The van der Waals surface area contributed by atoms with Crippen molar-refractivity contribution in [1.82, 2.24) is 9.78 Å². The zero-order valence-electron chi connectivity index (χ0n) is 11.7. The first-order valence-corrected chi connectivity index (χ1v) is 7.32. The second kappa shape index (κ2) is 6.48. The molecule has 0 amide bonds. The third-order valence-corrected chi connectivity index (χ3v) is 4.16. The fraction of sp³-hybridized carbons (Fsp3) is 0.786. The van der Waals surface area contributed by atoms with Gasteiger partial charge in [-0.3, -0.25) is 4.68 Å². The maximum Gasteiger partial charge on any atom is 0.0596 e. The van der Waals surface area contributed by atoms with Gasteiger partial charge in [-0.25, -0.2) is 0 Å². The average Bonchev–Trinajstić information content (AvgIpc) is 2.58. The molecule has 0 saturated heterocycles. The zero-order valence-corrected chi connectivity index (χ0v) is 12.6. The minimum atomic E-state index is 0.315. The largest absolute Gasteiger partial charge is 0.269 e. The summed E-state index contributed by atoms with van der Waals surface area (Å²) in [6, 6.07) is 2.15. The van der Waals surface area contributed by atoms with Crippen LogP contribution in [-0.2, 0) is 6.54 Å². The highest BCUT2D eigenvalue weighted by Gasteiger charge is 2.28. The normalized spacial score (nSPS) is 12.1. The van der Waals surface area contributed by atoms with Crippen molar-refractivity contribution in [2.75, 3.05) is 5.75 Å². The number of nitrogens with zero attached hydrogens (tertiary/aromatic N) is 2. The molecule has 0 radical (unpaired) electrons. The topological polar surface area (TPSA) is 17.8 Å². The maximum absolute atomic E-state index is 4.60. The number of aromatic nitrogens is 2. The summed E-state index contributed by atoms with van der Waals surface area (Å²) in [7, 11) is 0. The lowest BCUT2D eigenvalue weighted by atomic mass is 9.81. The number of hydrogen-bond donors (Lipinski definition) is 1. The standard InChI is InChI=1S/C14H26N2S/c1-5-7-14(11-17,8-6-2)10-16-13(4)9-12(3)15-16/h9,17H,5-8,10-11H2,1-4H3. The third-order valence-electron chi connectivity index (χ3n) is 3.48. The summed E-state index contributed by atoms with van der Waals surface area (Å²) in [5.41, 5.74) is 2.69. The van der Waals surface area contributed by atoms with E-state index in [9.17, 15) is 0 Å². The number of aryl methyl sites for hydroxylation is 2. The summed E-state index contributed by atoms with van der Waals surface area (Å²) in [6.45, 7) is 9.73. The van der Waals surface area contributed by atoms with Crippen molar-refractivity contribution in [2.45, 2.75) is 59.9 Å². The van der Waals surface area contributed by atoms with Gasteiger partial charge in [0.15, 0.2) is 0 Å². The Hall–Kier alpha value is -0.440. The molecule has 0 N–H and O–H groups in total. The van der Waals surface area contributed by atoms with Crippen LogP contribution >= 0.6 is 12.6 Å². The summed E-state index contributed by atoms with van der Waals surface area (Å²) in [4.78, 5) is 0. The van der Waals surface area contributed by atoms with Gasteiger partial charge >= 0.3 is 0 Å². The SMILES string of the molecule is CCCC(CS)(CCC)Cn1nc(C)cc1C. The summed E-state index contributed by atoms with van der Waals surface area (Å²) in [6.07, 6.45) is 4.92. The van der Waals surface area contributed by atoms with Gasteiger partial charge in [-0.2, -0.15) is 17.7 Å². The lowest BCUT2D eigenvalue weighted by molar-refractivity contribution is 0.220. The predicted octanol–water partition coefficient (Wildman–Crippen LogP) is 4.02. The fourth-order valence-electron chi connectivity index (χ4n) is 2.70. The molecular weight excluding hydrogens is 228 g/mol. The molecule has 2 nitrogen and oxygen atoms in total. The van der Waals surface area contributed by atoms with Crippen molar-refractivity contribution in [3.63, 3.8) is 0 Å². The lowest BCUT2D eigenvalue weighted by Gasteiger charge is -2.32. The highest BCUT2D eigenvalue weighted by Crippen LogP contribution is 2.33. The van der Waals surface area contributed by atoms with E-state index in [1.54, 1.807) is 0 Å². The Morgan fingerprint density at radius 1 is 1.24 bits per heavy atom. The Bertz CT molecular complexity index is 338. The van der Waals surface area contributed by atoms with Crippen LogP contribution in [0.25, 0.3) is 0 Å². The molecule has 0 aliphatic rings.